The maximum atomic E-state index is 3.59. The van der Waals surface area contributed by atoms with Crippen LogP contribution in [0.2, 0.25) is 0 Å². The van der Waals surface area contributed by atoms with Gasteiger partial charge in [-0.15, -0.1) is 11.8 Å². The van der Waals surface area contributed by atoms with Gasteiger partial charge in [0.25, 0.3) is 0 Å². The number of hydrogen-bond donors (Lipinski definition) is 1. The summed E-state index contributed by atoms with van der Waals surface area (Å²) in [6, 6.07) is 36.6. The average molecular weight is 644 g/mol. The predicted octanol–water partition coefficient (Wildman–Crippen LogP) is 11.2. The minimum Gasteiger partial charge on any atom is -0.381 e. The summed E-state index contributed by atoms with van der Waals surface area (Å²) in [5.74, 6) is 0.655. The lowest BCUT2D eigenvalue weighted by Gasteiger charge is -2.55. The van der Waals surface area contributed by atoms with E-state index in [0.29, 0.717) is 5.92 Å². The maximum absolute atomic E-state index is 3.59. The van der Waals surface area contributed by atoms with E-state index in [2.05, 4.69) is 177 Å². The number of nitrogens with one attached hydrogen (secondary N) is 1. The van der Waals surface area contributed by atoms with Crippen molar-refractivity contribution in [2.75, 3.05) is 6.54 Å². The molecule has 0 saturated carbocycles. The van der Waals surface area contributed by atoms with Crippen LogP contribution in [-0.4, -0.2) is 11.3 Å². The van der Waals surface area contributed by atoms with Crippen LogP contribution < -0.4 is 5.32 Å². The van der Waals surface area contributed by atoms with Crippen LogP contribution in [-0.2, 0) is 5.41 Å². The van der Waals surface area contributed by atoms with E-state index in [4.69, 9.17) is 0 Å². The highest BCUT2D eigenvalue weighted by atomic mass is 32.2. The Morgan fingerprint density at radius 1 is 0.745 bits per heavy atom. The third-order valence-electron chi connectivity index (χ3n) is 10.6. The van der Waals surface area contributed by atoms with Gasteiger partial charge in [0.2, 0.25) is 0 Å². The van der Waals surface area contributed by atoms with Crippen LogP contribution in [0.25, 0.3) is 16.8 Å². The van der Waals surface area contributed by atoms with Gasteiger partial charge in [-0.3, -0.25) is 0 Å². The zero-order valence-corrected chi connectivity index (χ0v) is 28.4. The molecule has 0 saturated heterocycles. The number of allylic oxidation sites excluding steroid dienone is 9. The highest BCUT2D eigenvalue weighted by Gasteiger charge is 2.57. The normalized spacial score (nSPS) is 26.9. The van der Waals surface area contributed by atoms with Crippen LogP contribution in [0.1, 0.15) is 48.4 Å². The fourth-order valence-corrected chi connectivity index (χ4v) is 11.5. The molecule has 230 valence electrons. The van der Waals surface area contributed by atoms with Gasteiger partial charge in [-0.2, -0.15) is 0 Å². The van der Waals surface area contributed by atoms with E-state index in [1.807, 2.05) is 11.8 Å². The molecule has 3 heteroatoms. The summed E-state index contributed by atoms with van der Waals surface area (Å²) >= 11 is 4.06. The van der Waals surface area contributed by atoms with E-state index in [9.17, 15) is 0 Å². The van der Waals surface area contributed by atoms with Crippen LogP contribution in [0.3, 0.4) is 0 Å². The van der Waals surface area contributed by atoms with Crippen molar-refractivity contribution in [3.8, 4) is 11.1 Å². The van der Waals surface area contributed by atoms with Crippen molar-refractivity contribution in [2.24, 2.45) is 5.92 Å². The molecule has 0 fully saturated rings. The number of dihydropyridines is 1. The average Bonchev–Trinajstić information content (AvgIpc) is 3.12. The highest BCUT2D eigenvalue weighted by Crippen LogP contribution is 2.68. The minimum absolute atomic E-state index is 0.0723. The van der Waals surface area contributed by atoms with Gasteiger partial charge in [0.1, 0.15) is 0 Å². The third-order valence-corrected chi connectivity index (χ3v) is 13.3. The summed E-state index contributed by atoms with van der Waals surface area (Å²) in [6.45, 7) is 5.77. The Bertz CT molecular complexity index is 2110. The largest absolute Gasteiger partial charge is 0.381 e. The fourth-order valence-electron chi connectivity index (χ4n) is 8.47. The summed E-state index contributed by atoms with van der Waals surface area (Å²) in [5.41, 5.74) is 11.8. The molecule has 4 aromatic carbocycles. The van der Waals surface area contributed by atoms with Crippen LogP contribution in [0.4, 0.5) is 0 Å². The first-order valence-electron chi connectivity index (χ1n) is 16.7. The highest BCUT2D eigenvalue weighted by molar-refractivity contribution is 8.04. The minimum atomic E-state index is -0.379. The summed E-state index contributed by atoms with van der Waals surface area (Å²) in [4.78, 5) is 4.23. The lowest BCUT2D eigenvalue weighted by atomic mass is 9.57. The number of benzene rings is 4. The monoisotopic (exact) mass is 643 g/mol. The Hall–Kier alpha value is -4.18. The van der Waals surface area contributed by atoms with Crippen LogP contribution in [0, 0.1) is 5.92 Å². The Morgan fingerprint density at radius 3 is 2.43 bits per heavy atom. The van der Waals surface area contributed by atoms with Crippen LogP contribution in [0.15, 0.2) is 172 Å². The van der Waals surface area contributed by atoms with Gasteiger partial charge >= 0.3 is 0 Å². The molecule has 4 unspecified atom stereocenters. The summed E-state index contributed by atoms with van der Waals surface area (Å²) < 4.78 is -0.0723. The Morgan fingerprint density at radius 2 is 1.55 bits per heavy atom. The van der Waals surface area contributed by atoms with Crippen LogP contribution in [0.5, 0.6) is 0 Å². The number of thioether (sulfide) groups is 1. The van der Waals surface area contributed by atoms with Crippen molar-refractivity contribution in [3.05, 3.63) is 184 Å². The van der Waals surface area contributed by atoms with E-state index in [1.165, 1.54) is 64.9 Å². The third kappa shape index (κ3) is 4.47. The second-order valence-electron chi connectivity index (χ2n) is 13.5. The molecule has 5 aliphatic rings. The molecule has 1 N–H and O–H groups in total. The second kappa shape index (κ2) is 11.2. The molecule has 0 amide bonds. The molecule has 1 spiro atoms. The van der Waals surface area contributed by atoms with Gasteiger partial charge in [-0.1, -0.05) is 146 Å². The van der Waals surface area contributed by atoms with Crippen molar-refractivity contribution in [2.45, 2.75) is 46.1 Å². The van der Waals surface area contributed by atoms with Crippen molar-refractivity contribution in [1.82, 2.24) is 5.32 Å². The lowest BCUT2D eigenvalue weighted by molar-refractivity contribution is 0.542. The van der Waals surface area contributed by atoms with E-state index in [0.717, 1.165) is 13.0 Å². The Balaban J connectivity index is 1.32. The molecule has 3 aliphatic heterocycles. The number of hydrogen-bond acceptors (Lipinski definition) is 3. The van der Waals surface area contributed by atoms with Crippen molar-refractivity contribution in [1.29, 1.82) is 0 Å². The van der Waals surface area contributed by atoms with Gasteiger partial charge < -0.3 is 5.32 Å². The second-order valence-corrected chi connectivity index (χ2v) is 16.1. The van der Waals surface area contributed by atoms with Gasteiger partial charge in [0.05, 0.1) is 5.41 Å². The molecule has 0 radical (unpaired) electrons. The van der Waals surface area contributed by atoms with Gasteiger partial charge in [-0.05, 0) is 86.9 Å². The van der Waals surface area contributed by atoms with Gasteiger partial charge in [-0.25, -0.2) is 0 Å². The molecular weight excluding hydrogens is 607 g/mol. The zero-order valence-electron chi connectivity index (χ0n) is 26.7. The summed E-state index contributed by atoms with van der Waals surface area (Å²) in [6.07, 6.45) is 19.7. The molecule has 0 bridgehead atoms. The van der Waals surface area contributed by atoms with Gasteiger partial charge in [0, 0.05) is 32.7 Å². The number of fused-ring (bicyclic) bond motifs is 7. The molecular formula is C44H37NS2. The van der Waals surface area contributed by atoms with Crippen LogP contribution >= 0.6 is 23.5 Å². The number of rotatable bonds is 3. The lowest BCUT2D eigenvalue weighted by Crippen LogP contribution is -2.48. The molecule has 0 aromatic heterocycles. The Labute approximate surface area is 287 Å². The SMILES string of the molecule is CC1C=CC2=C(SC3(C)CC=CC=C3C23c2ccccc2Sc2cc(C4=CC=CCN4)ccc23)C1c1cccc(-c2ccccc2)c1. The molecule has 3 heterocycles. The molecule has 1 nitrogen and oxygen atoms in total. The molecule has 2 aliphatic carbocycles. The van der Waals surface area contributed by atoms with Crippen molar-refractivity contribution < 1.29 is 0 Å². The standard InChI is InChI=1S/C44H37NS2/c1-29-21-23-36-42(41(29)33-16-12-15-31(27-33)30-13-4-3-5-14-30)47-43(2)25-10-8-20-40(43)44(36)34-17-6-7-19-38(34)46-39-28-32(22-24-35(39)44)37-18-9-11-26-45-37/h3-24,27-29,41,45H,25-26H2,1-2H3. The van der Waals surface area contributed by atoms with E-state index in [-0.39, 0.29) is 16.1 Å². The van der Waals surface area contributed by atoms with Gasteiger partial charge in [0.15, 0.2) is 0 Å². The molecule has 4 atom stereocenters. The topological polar surface area (TPSA) is 12.0 Å². The zero-order chi connectivity index (χ0) is 31.6. The van der Waals surface area contributed by atoms with E-state index >= 15 is 0 Å². The molecule has 4 aromatic rings. The Kier molecular flexibility index (Phi) is 6.92. The maximum Gasteiger partial charge on any atom is 0.0707 e. The fraction of sp³-hybridized carbons (Fsp3) is 0.182. The first-order chi connectivity index (χ1) is 23.1. The van der Waals surface area contributed by atoms with Crippen molar-refractivity contribution >= 4 is 29.2 Å². The summed E-state index contributed by atoms with van der Waals surface area (Å²) in [5, 5.41) is 3.59. The smallest absolute Gasteiger partial charge is 0.0707 e. The van der Waals surface area contributed by atoms with E-state index < -0.39 is 0 Å². The first-order valence-corrected chi connectivity index (χ1v) is 18.4. The quantitative estimate of drug-likeness (QED) is 0.239. The van der Waals surface area contributed by atoms with E-state index in [1.54, 1.807) is 0 Å². The summed E-state index contributed by atoms with van der Waals surface area (Å²) in [7, 11) is 0. The first kappa shape index (κ1) is 29.0. The van der Waals surface area contributed by atoms with Crippen molar-refractivity contribution in [3.63, 3.8) is 0 Å². The molecule has 47 heavy (non-hydrogen) atoms. The predicted molar refractivity (Wildman–Crippen MR) is 201 cm³/mol. The molecule has 9 rings (SSSR count).